The van der Waals surface area contributed by atoms with Crippen molar-refractivity contribution in [2.75, 3.05) is 46.4 Å². The maximum Gasteiger partial charge on any atom is 0.236 e. The number of hydrogen-bond acceptors (Lipinski definition) is 4. The van der Waals surface area contributed by atoms with E-state index in [-0.39, 0.29) is 24.8 Å². The second-order valence-electron chi connectivity index (χ2n) is 7.54. The topological polar surface area (TPSA) is 54.8 Å². The van der Waals surface area contributed by atoms with E-state index in [1.54, 1.807) is 9.80 Å². The number of amides is 1. The molecule has 1 aromatic heterocycles. The maximum atomic E-state index is 12.9. The number of ketones is 1. The summed E-state index contributed by atoms with van der Waals surface area (Å²) in [5.41, 5.74) is 4.92. The number of likely N-dealkylation sites (N-methyl/N-ethyl adjacent to an activating group) is 1. The van der Waals surface area contributed by atoms with Crippen LogP contribution in [0.2, 0.25) is 0 Å². The number of hydrogen-bond donors (Lipinski definition) is 0. The van der Waals surface area contributed by atoms with Crippen molar-refractivity contribution in [3.05, 3.63) is 52.8 Å². The van der Waals surface area contributed by atoms with Gasteiger partial charge in [-0.1, -0.05) is 17.7 Å². The Morgan fingerprint density at radius 2 is 1.68 bits per heavy atom. The SMILES string of the molecule is Cc1ccc(-n2c(C)cc(C(=O)CN(C)CC(=O)N3CCOCC3)c2C)cc1. The summed E-state index contributed by atoms with van der Waals surface area (Å²) in [5.74, 6) is 0.0764. The van der Waals surface area contributed by atoms with Gasteiger partial charge in [0.15, 0.2) is 5.78 Å². The standard InChI is InChI=1S/C22H29N3O3/c1-16-5-7-19(8-6-16)25-17(2)13-20(18(25)3)21(26)14-23(4)15-22(27)24-9-11-28-12-10-24/h5-8,13H,9-12,14-15H2,1-4H3. The molecule has 0 N–H and O–H groups in total. The smallest absolute Gasteiger partial charge is 0.236 e. The molecule has 2 aromatic rings. The van der Waals surface area contributed by atoms with E-state index in [4.69, 9.17) is 4.74 Å². The number of aryl methyl sites for hydroxylation is 2. The number of carbonyl (C=O) groups is 2. The molecule has 0 atom stereocenters. The Balaban J connectivity index is 1.68. The molecule has 1 fully saturated rings. The highest BCUT2D eigenvalue weighted by atomic mass is 16.5. The molecule has 150 valence electrons. The lowest BCUT2D eigenvalue weighted by Crippen LogP contribution is -2.45. The molecule has 0 spiro atoms. The Bertz CT molecular complexity index is 849. The molecule has 0 saturated carbocycles. The Morgan fingerprint density at radius 3 is 2.32 bits per heavy atom. The van der Waals surface area contributed by atoms with E-state index in [1.165, 1.54) is 5.56 Å². The first-order valence-corrected chi connectivity index (χ1v) is 9.70. The fourth-order valence-electron chi connectivity index (χ4n) is 3.67. The van der Waals surface area contributed by atoms with Crippen LogP contribution in [0.25, 0.3) is 5.69 Å². The van der Waals surface area contributed by atoms with Gasteiger partial charge in [0, 0.05) is 35.7 Å². The highest BCUT2D eigenvalue weighted by molar-refractivity contribution is 5.99. The number of morpholine rings is 1. The Kier molecular flexibility index (Phi) is 6.31. The van der Waals surface area contributed by atoms with Crippen molar-refractivity contribution in [1.82, 2.24) is 14.4 Å². The van der Waals surface area contributed by atoms with Crippen molar-refractivity contribution < 1.29 is 14.3 Å². The van der Waals surface area contributed by atoms with Crippen molar-refractivity contribution in [2.45, 2.75) is 20.8 Å². The van der Waals surface area contributed by atoms with Gasteiger partial charge in [-0.25, -0.2) is 0 Å². The number of carbonyl (C=O) groups excluding carboxylic acids is 2. The molecule has 1 aromatic carbocycles. The third-order valence-corrected chi connectivity index (χ3v) is 5.21. The lowest BCUT2D eigenvalue weighted by Gasteiger charge is -2.28. The number of nitrogens with zero attached hydrogens (tertiary/aromatic N) is 3. The van der Waals surface area contributed by atoms with E-state index in [0.717, 1.165) is 17.1 Å². The van der Waals surface area contributed by atoms with Crippen molar-refractivity contribution in [2.24, 2.45) is 0 Å². The molecule has 6 heteroatoms. The van der Waals surface area contributed by atoms with E-state index in [9.17, 15) is 9.59 Å². The van der Waals surface area contributed by atoms with Gasteiger partial charge in [-0.3, -0.25) is 14.5 Å². The molecule has 3 rings (SSSR count). The molecule has 1 aliphatic rings. The molecule has 6 nitrogen and oxygen atoms in total. The molecule has 2 heterocycles. The third-order valence-electron chi connectivity index (χ3n) is 5.21. The van der Waals surface area contributed by atoms with Crippen LogP contribution in [-0.4, -0.2) is 72.5 Å². The lowest BCUT2D eigenvalue weighted by molar-refractivity contribution is -0.136. The molecule has 0 unspecified atom stereocenters. The molecule has 1 amide bonds. The van der Waals surface area contributed by atoms with E-state index < -0.39 is 0 Å². The second-order valence-corrected chi connectivity index (χ2v) is 7.54. The monoisotopic (exact) mass is 383 g/mol. The van der Waals surface area contributed by atoms with Gasteiger partial charge in [0.25, 0.3) is 0 Å². The molecular weight excluding hydrogens is 354 g/mol. The number of Topliss-reactive ketones (excluding diaryl/α,β-unsaturated/α-hetero) is 1. The van der Waals surface area contributed by atoms with Gasteiger partial charge in [-0.2, -0.15) is 0 Å². The van der Waals surface area contributed by atoms with Crippen LogP contribution in [0.1, 0.15) is 27.3 Å². The summed E-state index contributed by atoms with van der Waals surface area (Å²) in [4.78, 5) is 28.9. The zero-order chi connectivity index (χ0) is 20.3. The first kappa shape index (κ1) is 20.3. The normalized spacial score (nSPS) is 14.5. The minimum atomic E-state index is 0.0312. The van der Waals surface area contributed by atoms with Gasteiger partial charge in [0.05, 0.1) is 26.3 Å². The van der Waals surface area contributed by atoms with E-state index in [1.807, 2.05) is 27.0 Å². The van der Waals surface area contributed by atoms with Gasteiger partial charge in [-0.05, 0) is 46.0 Å². The predicted octanol–water partition coefficient (Wildman–Crippen LogP) is 2.38. The third kappa shape index (κ3) is 4.51. The zero-order valence-electron chi connectivity index (χ0n) is 17.2. The summed E-state index contributed by atoms with van der Waals surface area (Å²) in [7, 11) is 1.81. The Labute approximate surface area is 166 Å². The molecular formula is C22H29N3O3. The van der Waals surface area contributed by atoms with Crippen LogP contribution in [0.4, 0.5) is 0 Å². The van der Waals surface area contributed by atoms with Gasteiger partial charge < -0.3 is 14.2 Å². The second kappa shape index (κ2) is 8.71. The van der Waals surface area contributed by atoms with Crippen LogP contribution in [-0.2, 0) is 9.53 Å². The first-order chi connectivity index (χ1) is 13.4. The summed E-state index contributed by atoms with van der Waals surface area (Å²) in [6.45, 7) is 8.91. The summed E-state index contributed by atoms with van der Waals surface area (Å²) < 4.78 is 7.39. The van der Waals surface area contributed by atoms with Crippen molar-refractivity contribution >= 4 is 11.7 Å². The van der Waals surface area contributed by atoms with Crippen LogP contribution in [0.3, 0.4) is 0 Å². The van der Waals surface area contributed by atoms with Crippen LogP contribution < -0.4 is 0 Å². The number of aromatic nitrogens is 1. The fourth-order valence-corrected chi connectivity index (χ4v) is 3.67. The van der Waals surface area contributed by atoms with E-state index in [0.29, 0.717) is 31.9 Å². The van der Waals surface area contributed by atoms with Crippen molar-refractivity contribution in [3.63, 3.8) is 0 Å². The lowest BCUT2D eigenvalue weighted by atomic mass is 10.1. The molecule has 28 heavy (non-hydrogen) atoms. The Morgan fingerprint density at radius 1 is 1.04 bits per heavy atom. The predicted molar refractivity (Wildman–Crippen MR) is 109 cm³/mol. The van der Waals surface area contributed by atoms with E-state index in [2.05, 4.69) is 35.8 Å². The van der Waals surface area contributed by atoms with Gasteiger partial charge in [0.2, 0.25) is 5.91 Å². The number of rotatable bonds is 6. The molecule has 1 aliphatic heterocycles. The van der Waals surface area contributed by atoms with Crippen molar-refractivity contribution in [3.8, 4) is 5.69 Å². The quantitative estimate of drug-likeness (QED) is 0.719. The molecule has 0 aliphatic carbocycles. The summed E-state index contributed by atoms with van der Waals surface area (Å²) >= 11 is 0. The molecule has 1 saturated heterocycles. The zero-order valence-corrected chi connectivity index (χ0v) is 17.2. The number of benzene rings is 1. The highest BCUT2D eigenvalue weighted by Crippen LogP contribution is 2.21. The minimum absolute atomic E-state index is 0.0312. The summed E-state index contributed by atoms with van der Waals surface area (Å²) in [6, 6.07) is 10.2. The fraction of sp³-hybridized carbons (Fsp3) is 0.455. The minimum Gasteiger partial charge on any atom is -0.378 e. The highest BCUT2D eigenvalue weighted by Gasteiger charge is 2.21. The average molecular weight is 383 g/mol. The summed E-state index contributed by atoms with van der Waals surface area (Å²) in [6.07, 6.45) is 0. The molecule has 0 radical (unpaired) electrons. The van der Waals surface area contributed by atoms with Gasteiger partial charge >= 0.3 is 0 Å². The molecule has 0 bridgehead atoms. The van der Waals surface area contributed by atoms with Crippen LogP contribution in [0.5, 0.6) is 0 Å². The average Bonchev–Trinajstić information content (AvgIpc) is 2.97. The Hall–Kier alpha value is -2.44. The van der Waals surface area contributed by atoms with Crippen LogP contribution >= 0.6 is 0 Å². The number of ether oxygens (including phenoxy) is 1. The summed E-state index contributed by atoms with van der Waals surface area (Å²) in [5, 5.41) is 0. The largest absolute Gasteiger partial charge is 0.378 e. The van der Waals surface area contributed by atoms with Gasteiger partial charge in [0.1, 0.15) is 0 Å². The van der Waals surface area contributed by atoms with E-state index >= 15 is 0 Å². The van der Waals surface area contributed by atoms with Crippen LogP contribution in [0.15, 0.2) is 30.3 Å². The van der Waals surface area contributed by atoms with Crippen LogP contribution in [0, 0.1) is 20.8 Å². The maximum absolute atomic E-state index is 12.9. The first-order valence-electron chi connectivity index (χ1n) is 9.70. The van der Waals surface area contributed by atoms with Crippen molar-refractivity contribution in [1.29, 1.82) is 0 Å². The van der Waals surface area contributed by atoms with Gasteiger partial charge in [-0.15, -0.1) is 0 Å².